The van der Waals surface area contributed by atoms with Crippen molar-refractivity contribution in [3.05, 3.63) is 75.0 Å². The molecule has 1 saturated heterocycles. The van der Waals surface area contributed by atoms with E-state index in [0.29, 0.717) is 0 Å². The third-order valence-electron chi connectivity index (χ3n) is 7.18. The van der Waals surface area contributed by atoms with E-state index in [1.54, 1.807) is 0 Å². The van der Waals surface area contributed by atoms with Gasteiger partial charge in [0.15, 0.2) is 17.5 Å². The highest BCUT2D eigenvalue weighted by atomic mass is 35.5. The molecule has 1 aliphatic rings. The second kappa shape index (κ2) is 11.3. The Kier molecular flexibility index (Phi) is 7.88. The summed E-state index contributed by atoms with van der Waals surface area (Å²) in [5.74, 6) is -2.87. The highest BCUT2D eigenvalue weighted by molar-refractivity contribution is 7.17. The summed E-state index contributed by atoms with van der Waals surface area (Å²) in [6.07, 6.45) is -8.75. The van der Waals surface area contributed by atoms with Gasteiger partial charge in [-0.05, 0) is 25.1 Å². The first kappa shape index (κ1) is 30.8. The van der Waals surface area contributed by atoms with E-state index < -0.39 is 71.1 Å². The van der Waals surface area contributed by atoms with E-state index in [0.717, 1.165) is 45.1 Å². The molecule has 232 valence electrons. The van der Waals surface area contributed by atoms with Crippen LogP contribution in [0.1, 0.15) is 29.4 Å². The zero-order valence-electron chi connectivity index (χ0n) is 22.0. The van der Waals surface area contributed by atoms with Crippen LogP contribution >= 0.6 is 34.5 Å². The van der Waals surface area contributed by atoms with Crippen molar-refractivity contribution >= 4 is 44.8 Å². The number of nitrogens with zero attached hydrogens (tertiary/aromatic N) is 6. The fraction of sp³-hybridized carbons (Fsp3) is 0.308. The minimum Gasteiger partial charge on any atom is -0.394 e. The van der Waals surface area contributed by atoms with Gasteiger partial charge in [0.2, 0.25) is 0 Å². The topological polar surface area (TPSA) is 131 Å². The number of aliphatic hydroxyl groups excluding tert-OH is 3. The van der Waals surface area contributed by atoms with E-state index >= 15 is 4.39 Å². The monoisotopic (exact) mass is 676 g/mol. The van der Waals surface area contributed by atoms with Gasteiger partial charge in [0.25, 0.3) is 0 Å². The molecule has 18 heteroatoms. The predicted octanol–water partition coefficient (Wildman–Crippen LogP) is 5.05. The summed E-state index contributed by atoms with van der Waals surface area (Å²) >= 11 is 12.9. The molecular weight excluding hydrogens is 658 g/mol. The lowest BCUT2D eigenvalue weighted by molar-refractivity contribution is -0.210. The van der Waals surface area contributed by atoms with Crippen LogP contribution < -0.4 is 0 Å². The fourth-order valence-electron chi connectivity index (χ4n) is 5.22. The van der Waals surface area contributed by atoms with Crippen molar-refractivity contribution in [2.45, 2.75) is 43.6 Å². The highest BCUT2D eigenvalue weighted by Gasteiger charge is 2.48. The first-order chi connectivity index (χ1) is 20.8. The lowest BCUT2D eigenvalue weighted by Crippen LogP contribution is -2.53. The van der Waals surface area contributed by atoms with Crippen molar-refractivity contribution < 1.29 is 42.0 Å². The molecular formula is C26H19Cl2F5N6O4S. The van der Waals surface area contributed by atoms with Gasteiger partial charge in [0, 0.05) is 22.3 Å². The average molecular weight is 677 g/mol. The quantitative estimate of drug-likeness (QED) is 0.174. The number of thiazole rings is 1. The van der Waals surface area contributed by atoms with Gasteiger partial charge in [-0.3, -0.25) is 4.68 Å². The molecule has 4 heterocycles. The summed E-state index contributed by atoms with van der Waals surface area (Å²) in [5, 5.41) is 40.3. The highest BCUT2D eigenvalue weighted by Crippen LogP contribution is 2.43. The minimum atomic E-state index is -4.82. The molecule has 1 aliphatic heterocycles. The lowest BCUT2D eigenvalue weighted by atomic mass is 9.92. The molecule has 3 N–H and O–H groups in total. The lowest BCUT2D eigenvalue weighted by Gasteiger charge is -2.42. The van der Waals surface area contributed by atoms with Crippen molar-refractivity contribution in [1.82, 2.24) is 29.5 Å². The number of aryl methyl sites for hydroxylation is 1. The normalized spacial score (nSPS) is 22.7. The van der Waals surface area contributed by atoms with Crippen LogP contribution in [-0.2, 0) is 10.9 Å². The number of benzene rings is 2. The summed E-state index contributed by atoms with van der Waals surface area (Å²) in [6, 6.07) is 1.43. The first-order valence-electron chi connectivity index (χ1n) is 12.7. The summed E-state index contributed by atoms with van der Waals surface area (Å²) in [4.78, 5) is 8.19. The fourth-order valence-corrected chi connectivity index (χ4v) is 6.52. The molecule has 44 heavy (non-hydrogen) atoms. The van der Waals surface area contributed by atoms with Gasteiger partial charge in [-0.1, -0.05) is 23.2 Å². The van der Waals surface area contributed by atoms with E-state index in [2.05, 4.69) is 20.2 Å². The number of ether oxygens (including phenoxy) is 1. The zero-order valence-corrected chi connectivity index (χ0v) is 24.4. The van der Waals surface area contributed by atoms with Gasteiger partial charge < -0.3 is 20.1 Å². The third kappa shape index (κ3) is 5.03. The van der Waals surface area contributed by atoms with E-state index in [1.165, 1.54) is 18.6 Å². The van der Waals surface area contributed by atoms with Crippen molar-refractivity contribution in [3.63, 3.8) is 0 Å². The maximum Gasteiger partial charge on any atom is 0.418 e. The minimum absolute atomic E-state index is 0.0160. The first-order valence-corrected chi connectivity index (χ1v) is 14.3. The van der Waals surface area contributed by atoms with Crippen molar-refractivity contribution in [2.75, 3.05) is 6.61 Å². The van der Waals surface area contributed by atoms with Crippen LogP contribution in [0.4, 0.5) is 22.0 Å². The number of hydrogen-bond acceptors (Lipinski definition) is 9. The Hall–Kier alpha value is -3.25. The molecule has 5 atom stereocenters. The standard InChI is InChI=1S/C26H19Cl2F5N6O4S/c1-9-36-25(39(37-9)13-4-11(27)2-3-12(13)26(31,32)33)23-22(42)20(21(41)14(7-40)43-23)38-6-10(5-35-38)15-17(29)18(30)16(28)19-24(15)44-8-34-19/h2-6,8,14,20-23,40-42H,7H2,1H3/t14-,20+,21+,22-,23-/m1/s1. The SMILES string of the molecule is Cc1nc([C@@H]2O[C@H](CO)[C@H](O)[C@H](n3cc(-c4c(F)c(F)c(Cl)c5ncsc45)cn3)[C@H]2O)n(-c2cc(Cl)ccc2C(F)(F)F)n1. The van der Waals surface area contributed by atoms with E-state index in [-0.39, 0.29) is 38.0 Å². The van der Waals surface area contributed by atoms with Crippen LogP contribution in [-0.4, -0.2) is 69.8 Å². The Morgan fingerprint density at radius 2 is 1.86 bits per heavy atom. The summed E-state index contributed by atoms with van der Waals surface area (Å²) in [6.45, 7) is 0.633. The van der Waals surface area contributed by atoms with Gasteiger partial charge in [0.1, 0.15) is 46.8 Å². The van der Waals surface area contributed by atoms with Gasteiger partial charge in [-0.25, -0.2) is 23.4 Å². The zero-order chi connectivity index (χ0) is 31.7. The van der Waals surface area contributed by atoms with E-state index in [4.69, 9.17) is 27.9 Å². The van der Waals surface area contributed by atoms with Gasteiger partial charge >= 0.3 is 6.18 Å². The molecule has 0 spiro atoms. The molecule has 1 fully saturated rings. The Morgan fingerprint density at radius 1 is 1.11 bits per heavy atom. The summed E-state index contributed by atoms with van der Waals surface area (Å²) in [7, 11) is 0. The van der Waals surface area contributed by atoms with E-state index in [1.807, 2.05) is 0 Å². The molecule has 0 aliphatic carbocycles. The molecule has 2 aromatic carbocycles. The molecule has 0 saturated carbocycles. The number of hydrogen-bond donors (Lipinski definition) is 3. The second-order valence-electron chi connectivity index (χ2n) is 9.89. The number of aliphatic hydroxyl groups is 3. The average Bonchev–Trinajstić information content (AvgIpc) is 3.72. The number of alkyl halides is 3. The number of aromatic nitrogens is 6. The smallest absolute Gasteiger partial charge is 0.394 e. The Labute approximate surface area is 257 Å². The molecule has 6 rings (SSSR count). The van der Waals surface area contributed by atoms with Gasteiger partial charge in [0.05, 0.1) is 34.3 Å². The van der Waals surface area contributed by atoms with Crippen LogP contribution in [0.15, 0.2) is 36.1 Å². The van der Waals surface area contributed by atoms with Crippen molar-refractivity contribution in [2.24, 2.45) is 0 Å². The van der Waals surface area contributed by atoms with Crippen LogP contribution in [0.2, 0.25) is 10.0 Å². The molecule has 0 bridgehead atoms. The third-order valence-corrected chi connectivity index (χ3v) is 8.61. The summed E-state index contributed by atoms with van der Waals surface area (Å²) < 4.78 is 79.5. The molecule has 0 amide bonds. The number of fused-ring (bicyclic) bond motifs is 1. The Balaban J connectivity index is 1.45. The molecule has 0 unspecified atom stereocenters. The van der Waals surface area contributed by atoms with Gasteiger partial charge in [-0.15, -0.1) is 11.3 Å². The van der Waals surface area contributed by atoms with Crippen LogP contribution in [0.3, 0.4) is 0 Å². The maximum absolute atomic E-state index is 15.1. The van der Waals surface area contributed by atoms with Crippen LogP contribution in [0, 0.1) is 18.6 Å². The predicted molar refractivity (Wildman–Crippen MR) is 148 cm³/mol. The molecule has 0 radical (unpaired) electrons. The molecule has 5 aromatic rings. The largest absolute Gasteiger partial charge is 0.418 e. The van der Waals surface area contributed by atoms with Gasteiger partial charge in [-0.2, -0.15) is 23.4 Å². The number of rotatable bonds is 5. The van der Waals surface area contributed by atoms with Crippen LogP contribution in [0.5, 0.6) is 0 Å². The Bertz CT molecular complexity index is 1880. The molecule has 10 nitrogen and oxygen atoms in total. The molecule has 3 aromatic heterocycles. The maximum atomic E-state index is 15.1. The van der Waals surface area contributed by atoms with Crippen molar-refractivity contribution in [3.8, 4) is 16.8 Å². The summed E-state index contributed by atoms with van der Waals surface area (Å²) in [5.41, 5.74) is -0.389. The van der Waals surface area contributed by atoms with E-state index in [9.17, 15) is 32.9 Å². The van der Waals surface area contributed by atoms with Crippen LogP contribution in [0.25, 0.3) is 27.0 Å². The second-order valence-corrected chi connectivity index (χ2v) is 11.6. The van der Waals surface area contributed by atoms with Crippen molar-refractivity contribution in [1.29, 1.82) is 0 Å². The Morgan fingerprint density at radius 3 is 2.57 bits per heavy atom. The number of halogens is 7.